The van der Waals surface area contributed by atoms with E-state index < -0.39 is 0 Å². The van der Waals surface area contributed by atoms with Crippen molar-refractivity contribution in [3.05, 3.63) is 35.2 Å². The molecule has 1 aromatic heterocycles. The van der Waals surface area contributed by atoms with Crippen molar-refractivity contribution in [3.63, 3.8) is 0 Å². The quantitative estimate of drug-likeness (QED) is 0.878. The lowest BCUT2D eigenvalue weighted by molar-refractivity contribution is 0.0781. The molecule has 18 heavy (non-hydrogen) atoms. The lowest BCUT2D eigenvalue weighted by Crippen LogP contribution is -2.42. The van der Waals surface area contributed by atoms with E-state index in [0.29, 0.717) is 10.6 Å². The van der Waals surface area contributed by atoms with Crippen LogP contribution in [0.5, 0.6) is 0 Å². The highest BCUT2D eigenvalue weighted by Gasteiger charge is 2.21. The summed E-state index contributed by atoms with van der Waals surface area (Å²) in [4.78, 5) is 14.3. The number of rotatable bonds is 3. The number of nitrogens with two attached hydrogens (primary N) is 1. The fourth-order valence-electron chi connectivity index (χ4n) is 1.70. The molecule has 0 saturated heterocycles. The first-order valence-electron chi connectivity index (χ1n) is 5.55. The zero-order valence-corrected chi connectivity index (χ0v) is 11.8. The van der Waals surface area contributed by atoms with Crippen molar-refractivity contribution in [2.75, 3.05) is 7.05 Å². The van der Waals surface area contributed by atoms with Gasteiger partial charge in [-0.05, 0) is 13.0 Å². The summed E-state index contributed by atoms with van der Waals surface area (Å²) in [5, 5.41) is 2.87. The molecule has 2 N–H and O–H groups in total. The summed E-state index contributed by atoms with van der Waals surface area (Å²) in [6.07, 6.45) is 0. The lowest BCUT2D eigenvalue weighted by Gasteiger charge is -2.23. The van der Waals surface area contributed by atoms with Crippen LogP contribution in [-0.4, -0.2) is 28.9 Å². The first-order chi connectivity index (χ1) is 8.52. The van der Waals surface area contributed by atoms with Crippen molar-refractivity contribution < 1.29 is 4.79 Å². The van der Waals surface area contributed by atoms with Crippen LogP contribution in [0, 0.1) is 0 Å². The van der Waals surface area contributed by atoms with E-state index in [1.54, 1.807) is 23.3 Å². The number of benzene rings is 1. The number of carbonyl (C=O) groups is 1. The van der Waals surface area contributed by atoms with Gasteiger partial charge in [0.2, 0.25) is 0 Å². The molecule has 2 aromatic rings. The Bertz CT molecular complexity index is 606. The molecule has 0 radical (unpaired) electrons. The minimum Gasteiger partial charge on any atom is -0.392 e. The molecule has 2 rings (SSSR count). The Hall–Kier alpha value is -1.46. The number of hydrogen-bond donors (Lipinski definition) is 1. The van der Waals surface area contributed by atoms with Crippen LogP contribution >= 0.6 is 23.6 Å². The molecule has 0 aliphatic rings. The van der Waals surface area contributed by atoms with Crippen LogP contribution in [0.3, 0.4) is 0 Å². The van der Waals surface area contributed by atoms with Crippen LogP contribution in [0.2, 0.25) is 0 Å². The third kappa shape index (κ3) is 2.23. The molecule has 1 aromatic carbocycles. The summed E-state index contributed by atoms with van der Waals surface area (Å²) in [5.74, 6) is -0.0484. The van der Waals surface area contributed by atoms with E-state index in [0.717, 1.165) is 10.1 Å². The number of amides is 1. The number of hydrogen-bond acceptors (Lipinski definition) is 3. The van der Waals surface area contributed by atoms with Gasteiger partial charge in [-0.3, -0.25) is 4.79 Å². The summed E-state index contributed by atoms with van der Waals surface area (Å²) < 4.78 is 1.11. The second kappa shape index (κ2) is 5.04. The van der Waals surface area contributed by atoms with Crippen molar-refractivity contribution >= 4 is 44.5 Å². The van der Waals surface area contributed by atoms with E-state index in [9.17, 15) is 4.79 Å². The summed E-state index contributed by atoms with van der Waals surface area (Å²) in [5.41, 5.74) is 6.29. The highest BCUT2D eigenvalue weighted by Crippen LogP contribution is 2.26. The van der Waals surface area contributed by atoms with Crippen LogP contribution in [0.1, 0.15) is 17.3 Å². The minimum absolute atomic E-state index is 0.0484. The lowest BCUT2D eigenvalue weighted by atomic mass is 10.1. The molecule has 3 nitrogen and oxygen atoms in total. The van der Waals surface area contributed by atoms with E-state index in [2.05, 4.69) is 0 Å². The molecular formula is C13H14N2OS2. The Morgan fingerprint density at radius 3 is 2.78 bits per heavy atom. The van der Waals surface area contributed by atoms with Crippen molar-refractivity contribution in [1.29, 1.82) is 0 Å². The van der Waals surface area contributed by atoms with Crippen molar-refractivity contribution in [3.8, 4) is 0 Å². The summed E-state index contributed by atoms with van der Waals surface area (Å²) >= 11 is 6.49. The molecular weight excluding hydrogens is 264 g/mol. The normalized spacial score (nSPS) is 12.3. The second-order valence-corrected chi connectivity index (χ2v) is 5.52. The molecule has 1 heterocycles. The number of nitrogens with zero attached hydrogens (tertiary/aromatic N) is 1. The molecule has 1 atom stereocenters. The highest BCUT2D eigenvalue weighted by atomic mass is 32.1. The van der Waals surface area contributed by atoms with Crippen LogP contribution in [0.25, 0.3) is 10.1 Å². The number of carbonyl (C=O) groups excluding carboxylic acids is 1. The summed E-state index contributed by atoms with van der Waals surface area (Å²) in [7, 11) is 1.72. The topological polar surface area (TPSA) is 46.3 Å². The maximum Gasteiger partial charge on any atom is 0.255 e. The first-order valence-corrected chi connectivity index (χ1v) is 6.84. The van der Waals surface area contributed by atoms with Gasteiger partial charge in [0, 0.05) is 22.5 Å². The maximum atomic E-state index is 12.4. The SMILES string of the molecule is CC(C(N)=S)N(C)C(=O)c1csc2ccccc12. The van der Waals surface area contributed by atoms with Gasteiger partial charge in [-0.1, -0.05) is 30.4 Å². The first kappa shape index (κ1) is 13.0. The van der Waals surface area contributed by atoms with Crippen molar-refractivity contribution in [1.82, 2.24) is 4.90 Å². The average Bonchev–Trinajstić information content (AvgIpc) is 2.79. The van der Waals surface area contributed by atoms with Gasteiger partial charge in [0.1, 0.15) is 0 Å². The van der Waals surface area contributed by atoms with Gasteiger partial charge in [-0.15, -0.1) is 11.3 Å². The van der Waals surface area contributed by atoms with Gasteiger partial charge >= 0.3 is 0 Å². The van der Waals surface area contributed by atoms with E-state index in [1.807, 2.05) is 36.6 Å². The van der Waals surface area contributed by atoms with E-state index in [-0.39, 0.29) is 11.9 Å². The number of thiocarbonyl (C=S) groups is 1. The highest BCUT2D eigenvalue weighted by molar-refractivity contribution is 7.80. The number of thiophene rings is 1. The van der Waals surface area contributed by atoms with Crippen molar-refractivity contribution in [2.24, 2.45) is 5.73 Å². The van der Waals surface area contributed by atoms with Crippen LogP contribution in [0.15, 0.2) is 29.6 Å². The minimum atomic E-state index is -0.244. The number of likely N-dealkylation sites (N-methyl/N-ethyl adjacent to an activating group) is 1. The van der Waals surface area contributed by atoms with Gasteiger partial charge in [0.05, 0.1) is 16.6 Å². The molecule has 0 aliphatic heterocycles. The maximum absolute atomic E-state index is 12.4. The van der Waals surface area contributed by atoms with Gasteiger partial charge < -0.3 is 10.6 Å². The molecule has 0 spiro atoms. The third-order valence-corrected chi connectivity index (χ3v) is 4.33. The standard InChI is InChI=1S/C13H14N2OS2/c1-8(12(14)17)15(2)13(16)10-7-18-11-6-4-3-5-9(10)11/h3-8H,1-2H3,(H2,14,17). The predicted octanol–water partition coefficient (Wildman–Crippen LogP) is 2.65. The van der Waals surface area contributed by atoms with Crippen LogP contribution < -0.4 is 5.73 Å². The van der Waals surface area contributed by atoms with E-state index >= 15 is 0 Å². The van der Waals surface area contributed by atoms with Crippen molar-refractivity contribution in [2.45, 2.75) is 13.0 Å². The smallest absolute Gasteiger partial charge is 0.255 e. The number of fused-ring (bicyclic) bond motifs is 1. The molecule has 0 saturated carbocycles. The monoisotopic (exact) mass is 278 g/mol. The molecule has 1 unspecified atom stereocenters. The van der Waals surface area contributed by atoms with Gasteiger partial charge in [-0.2, -0.15) is 0 Å². The van der Waals surface area contributed by atoms with Crippen LogP contribution in [0.4, 0.5) is 0 Å². The fraction of sp³-hybridized carbons (Fsp3) is 0.231. The molecule has 0 bridgehead atoms. The Balaban J connectivity index is 2.37. The fourth-order valence-corrected chi connectivity index (χ4v) is 2.79. The van der Waals surface area contributed by atoms with Gasteiger partial charge in [0.25, 0.3) is 5.91 Å². The Morgan fingerprint density at radius 1 is 1.44 bits per heavy atom. The zero-order valence-electron chi connectivity index (χ0n) is 10.2. The molecule has 0 aliphatic carbocycles. The van der Waals surface area contributed by atoms with E-state index in [4.69, 9.17) is 18.0 Å². The Morgan fingerprint density at radius 2 is 2.11 bits per heavy atom. The third-order valence-electron chi connectivity index (χ3n) is 3.02. The predicted molar refractivity (Wildman–Crippen MR) is 80.2 cm³/mol. The summed E-state index contributed by atoms with van der Waals surface area (Å²) in [6, 6.07) is 7.62. The summed E-state index contributed by atoms with van der Waals surface area (Å²) in [6.45, 7) is 1.83. The second-order valence-electron chi connectivity index (χ2n) is 4.14. The largest absolute Gasteiger partial charge is 0.392 e. The van der Waals surface area contributed by atoms with Crippen LogP contribution in [-0.2, 0) is 0 Å². The average molecular weight is 278 g/mol. The van der Waals surface area contributed by atoms with Gasteiger partial charge in [-0.25, -0.2) is 0 Å². The Labute approximate surface area is 115 Å². The Kier molecular flexibility index (Phi) is 3.63. The molecule has 5 heteroatoms. The molecule has 1 amide bonds. The van der Waals surface area contributed by atoms with E-state index in [1.165, 1.54) is 0 Å². The van der Waals surface area contributed by atoms with Gasteiger partial charge in [0.15, 0.2) is 0 Å². The molecule has 0 fully saturated rings. The zero-order chi connectivity index (χ0) is 13.3. The molecule has 94 valence electrons.